The largest absolute Gasteiger partial charge is 0.477 e. The van der Waals surface area contributed by atoms with Crippen LogP contribution in [0.3, 0.4) is 0 Å². The molecule has 0 aromatic rings. The van der Waals surface area contributed by atoms with Crippen LogP contribution in [0, 0.1) is 0 Å². The Hall–Kier alpha value is -4.31. The Kier molecular flexibility index (Phi) is 75.9. The number of carboxylic acid groups (broad SMARTS) is 1. The van der Waals surface area contributed by atoms with Gasteiger partial charge in [-0.05, 0) is 103 Å². The van der Waals surface area contributed by atoms with Crippen LogP contribution in [0.1, 0.15) is 373 Å². The molecule has 0 aliphatic carbocycles. The Morgan fingerprint density at radius 3 is 0.808 bits per heavy atom. The smallest absolute Gasteiger partial charge is 0.361 e. The van der Waals surface area contributed by atoms with Crippen LogP contribution in [0.2, 0.25) is 0 Å². The Bertz CT molecular complexity index is 2050. The lowest BCUT2D eigenvalue weighted by molar-refractivity contribution is -0.870. The van der Waals surface area contributed by atoms with E-state index in [1.807, 2.05) is 21.1 Å². The molecule has 9 heteroatoms. The molecule has 0 radical (unpaired) electrons. The maximum atomic E-state index is 13.0. The second-order valence-electron chi connectivity index (χ2n) is 29.0. The summed E-state index contributed by atoms with van der Waals surface area (Å²) in [4.78, 5) is 37.8. The average molecular weight is 1380 g/mol. The molecule has 2 atom stereocenters. The number of carbonyl (C=O) groups is 3. The number of carbonyl (C=O) groups excluding carboxylic acids is 2. The minimum absolute atomic E-state index is 0.180. The van der Waals surface area contributed by atoms with Crippen molar-refractivity contribution in [1.82, 2.24) is 0 Å². The van der Waals surface area contributed by atoms with Crippen LogP contribution in [0.5, 0.6) is 0 Å². The monoisotopic (exact) mass is 1380 g/mol. The fourth-order valence-electron chi connectivity index (χ4n) is 12.0. The van der Waals surface area contributed by atoms with Gasteiger partial charge in [0.25, 0.3) is 6.29 Å². The van der Waals surface area contributed by atoms with Gasteiger partial charge in [-0.1, -0.05) is 379 Å². The molecule has 2 unspecified atom stereocenters. The van der Waals surface area contributed by atoms with Gasteiger partial charge in [0.1, 0.15) is 13.2 Å². The summed E-state index contributed by atoms with van der Waals surface area (Å²) in [5, 5.41) is 9.79. The number of likely N-dealkylation sites (N-methyl/N-ethyl adjacent to an activating group) is 1. The van der Waals surface area contributed by atoms with Crippen LogP contribution in [0.15, 0.2) is 122 Å². The molecule has 1 N–H and O–H groups in total. The first kappa shape index (κ1) is 94.7. The fourth-order valence-corrected chi connectivity index (χ4v) is 12.0. The van der Waals surface area contributed by atoms with E-state index < -0.39 is 18.4 Å². The van der Waals surface area contributed by atoms with Gasteiger partial charge in [-0.25, -0.2) is 4.79 Å². The molecule has 0 spiro atoms. The lowest BCUT2D eigenvalue weighted by atomic mass is 10.0. The molecule has 0 bridgehead atoms. The minimum atomic E-state index is -1.51. The van der Waals surface area contributed by atoms with Gasteiger partial charge in [0, 0.05) is 12.8 Å². The summed E-state index contributed by atoms with van der Waals surface area (Å²) in [6.07, 6.45) is 111. The molecule has 0 rings (SSSR count). The lowest BCUT2D eigenvalue weighted by Crippen LogP contribution is -2.40. The number of quaternary nitrogens is 1. The van der Waals surface area contributed by atoms with Gasteiger partial charge in [-0.2, -0.15) is 0 Å². The molecule has 0 saturated carbocycles. The predicted octanol–water partition coefficient (Wildman–Crippen LogP) is 27.0. The Balaban J connectivity index is 3.97. The molecule has 0 aromatic carbocycles. The highest BCUT2D eigenvalue weighted by Crippen LogP contribution is 2.19. The quantitative estimate of drug-likeness (QED) is 0.0211. The highest BCUT2D eigenvalue weighted by molar-refractivity contribution is 5.71. The van der Waals surface area contributed by atoms with Gasteiger partial charge in [0.05, 0.1) is 34.4 Å². The van der Waals surface area contributed by atoms with E-state index in [1.165, 1.54) is 244 Å². The van der Waals surface area contributed by atoms with Crippen LogP contribution >= 0.6 is 0 Å². The summed E-state index contributed by atoms with van der Waals surface area (Å²) >= 11 is 0. The molecule has 99 heavy (non-hydrogen) atoms. The van der Waals surface area contributed by atoms with E-state index >= 15 is 0 Å². The van der Waals surface area contributed by atoms with Gasteiger partial charge in [0.2, 0.25) is 0 Å². The summed E-state index contributed by atoms with van der Waals surface area (Å²) in [6.45, 7) is 4.70. The zero-order chi connectivity index (χ0) is 71.8. The van der Waals surface area contributed by atoms with Crippen molar-refractivity contribution in [2.75, 3.05) is 47.5 Å². The van der Waals surface area contributed by atoms with Gasteiger partial charge in [-0.15, -0.1) is 0 Å². The SMILES string of the molecule is CC/C=C\C/C=C\C/C=C\C/C=C\C/C=C\CCCCCCCCCCCCCCCCCCCCCCCC(=O)OCC(COC(OCC[N+](C)(C)C)C(=O)O)OC(=O)CCCCCCCCCCCCCCCCCCCCCCC/C=C\C/C=C\C/C=C\C/C=C\C/C=C\CC. The molecule has 0 fully saturated rings. The number of ether oxygens (including phenoxy) is 4. The van der Waals surface area contributed by atoms with E-state index in [-0.39, 0.29) is 38.2 Å². The second-order valence-corrected chi connectivity index (χ2v) is 29.0. The summed E-state index contributed by atoms with van der Waals surface area (Å²) in [5.74, 6) is -1.98. The molecule has 570 valence electrons. The predicted molar refractivity (Wildman–Crippen MR) is 428 cm³/mol. The third-order valence-corrected chi connectivity index (χ3v) is 18.2. The van der Waals surface area contributed by atoms with Crippen molar-refractivity contribution in [3.63, 3.8) is 0 Å². The Morgan fingerprint density at radius 2 is 0.545 bits per heavy atom. The fraction of sp³-hybridized carbons (Fsp3) is 0.744. The topological polar surface area (TPSA) is 108 Å². The van der Waals surface area contributed by atoms with E-state index in [9.17, 15) is 19.5 Å². The summed E-state index contributed by atoms with van der Waals surface area (Å²) in [7, 11) is 5.99. The normalized spacial score (nSPS) is 13.3. The van der Waals surface area contributed by atoms with E-state index in [2.05, 4.69) is 135 Å². The number of nitrogens with zero attached hydrogens (tertiary/aromatic N) is 1. The van der Waals surface area contributed by atoms with Gasteiger partial charge < -0.3 is 28.5 Å². The number of aliphatic carboxylic acids is 1. The molecular weight excluding hydrogens is 1220 g/mol. The average Bonchev–Trinajstić information content (AvgIpc) is 1.41. The summed E-state index contributed by atoms with van der Waals surface area (Å²) in [5.41, 5.74) is 0. The van der Waals surface area contributed by atoms with Crippen LogP contribution < -0.4 is 0 Å². The zero-order valence-corrected chi connectivity index (χ0v) is 65.4. The number of allylic oxidation sites excluding steroid dienone is 20. The van der Waals surface area contributed by atoms with Crippen molar-refractivity contribution in [3.05, 3.63) is 122 Å². The maximum absolute atomic E-state index is 13.0. The molecule has 9 nitrogen and oxygen atoms in total. The van der Waals surface area contributed by atoms with Crippen molar-refractivity contribution in [2.24, 2.45) is 0 Å². The van der Waals surface area contributed by atoms with Crippen LogP contribution in [-0.4, -0.2) is 87.4 Å². The Labute approximate surface area is 612 Å². The summed E-state index contributed by atoms with van der Waals surface area (Å²) in [6, 6.07) is 0. The van der Waals surface area contributed by atoms with Crippen molar-refractivity contribution < 1.29 is 42.9 Å². The van der Waals surface area contributed by atoms with Crippen LogP contribution in [-0.2, 0) is 33.3 Å². The van der Waals surface area contributed by atoms with Crippen molar-refractivity contribution >= 4 is 17.9 Å². The molecular formula is C90H158NO8+. The lowest BCUT2D eigenvalue weighted by Gasteiger charge is -2.25. The van der Waals surface area contributed by atoms with Crippen molar-refractivity contribution in [1.29, 1.82) is 0 Å². The van der Waals surface area contributed by atoms with Crippen molar-refractivity contribution in [2.45, 2.75) is 386 Å². The first-order chi connectivity index (χ1) is 48.6. The highest BCUT2D eigenvalue weighted by atomic mass is 16.7. The minimum Gasteiger partial charge on any atom is -0.477 e. The van der Waals surface area contributed by atoms with Crippen LogP contribution in [0.25, 0.3) is 0 Å². The zero-order valence-electron chi connectivity index (χ0n) is 65.4. The molecule has 0 saturated heterocycles. The molecule has 0 heterocycles. The number of unbranched alkanes of at least 4 members (excludes halogenated alkanes) is 42. The number of carboxylic acids is 1. The van der Waals surface area contributed by atoms with Crippen molar-refractivity contribution in [3.8, 4) is 0 Å². The van der Waals surface area contributed by atoms with E-state index in [4.69, 9.17) is 18.9 Å². The third kappa shape index (κ3) is 80.9. The summed E-state index contributed by atoms with van der Waals surface area (Å²) < 4.78 is 23.1. The Morgan fingerprint density at radius 1 is 0.303 bits per heavy atom. The van der Waals surface area contributed by atoms with Gasteiger partial charge >= 0.3 is 17.9 Å². The standard InChI is InChI=1S/C90H157NO8/c1-6-8-10-12-14-16-18-20-22-24-26-28-30-32-34-36-38-40-42-44-46-48-50-52-54-56-58-60-62-64-66-68-70-72-74-76-78-80-87(92)97-84-86(85-98-90(89(94)95)96-83-82-91(3,4)5)99-88(93)81-79-77-75-73-71-69-67-65-63-61-59-57-55-53-51-49-47-45-43-41-39-37-35-33-31-29-27-25-23-21-19-17-15-13-11-9-7-2/h8-11,14-17,20-23,26-29,32-35,86,90H,6-7,12-13,18-19,24-25,30-31,36-85H2,1-5H3/p+1/b10-8-,11-9-,16-14-,17-15-,22-20-,23-21-,28-26-,29-27-,34-32-,35-33-. The van der Waals surface area contributed by atoms with E-state index in [0.717, 1.165) is 103 Å². The molecule has 0 aliphatic rings. The van der Waals surface area contributed by atoms with Gasteiger partial charge in [-0.3, -0.25) is 9.59 Å². The first-order valence-corrected chi connectivity index (χ1v) is 41.7. The number of hydrogen-bond acceptors (Lipinski definition) is 7. The maximum Gasteiger partial charge on any atom is 0.361 e. The van der Waals surface area contributed by atoms with E-state index in [0.29, 0.717) is 17.4 Å². The third-order valence-electron chi connectivity index (χ3n) is 18.2. The first-order valence-electron chi connectivity index (χ1n) is 41.7. The number of hydrogen-bond donors (Lipinski definition) is 1. The number of esters is 2. The van der Waals surface area contributed by atoms with Gasteiger partial charge in [0.15, 0.2) is 6.10 Å². The molecule has 0 aromatic heterocycles. The molecule has 0 amide bonds. The molecule has 0 aliphatic heterocycles. The van der Waals surface area contributed by atoms with E-state index in [1.54, 1.807) is 0 Å². The highest BCUT2D eigenvalue weighted by Gasteiger charge is 2.25. The van der Waals surface area contributed by atoms with Crippen LogP contribution in [0.4, 0.5) is 0 Å². The second kappa shape index (κ2) is 79.4. The number of rotatable bonds is 77.